The highest BCUT2D eigenvalue weighted by Crippen LogP contribution is 2.23. The second kappa shape index (κ2) is 5.45. The molecule has 104 valence electrons. The molecule has 2 fully saturated rings. The molecule has 0 unspecified atom stereocenters. The third-order valence-corrected chi connectivity index (χ3v) is 3.83. The summed E-state index contributed by atoms with van der Waals surface area (Å²) in [6.45, 7) is 5.82. The summed E-state index contributed by atoms with van der Waals surface area (Å²) in [4.78, 5) is 27.9. The topological polar surface area (TPSA) is 52.6 Å². The van der Waals surface area contributed by atoms with E-state index in [-0.39, 0.29) is 30.3 Å². The first kappa shape index (κ1) is 15.2. The maximum absolute atomic E-state index is 12.4. The molecule has 2 saturated heterocycles. The minimum Gasteiger partial charge on any atom is -0.342 e. The first-order valence-corrected chi connectivity index (χ1v) is 6.25. The number of likely N-dealkylation sites (N-methyl/N-ethyl adjacent to an activating group) is 1. The molecule has 0 aromatic rings. The highest BCUT2D eigenvalue weighted by Gasteiger charge is 2.44. The minimum absolute atomic E-state index is 0. The van der Waals surface area contributed by atoms with E-state index in [0.717, 1.165) is 19.4 Å². The van der Waals surface area contributed by atoms with E-state index in [0.29, 0.717) is 13.1 Å². The number of amides is 2. The normalized spacial score (nSPS) is 27.1. The summed E-state index contributed by atoms with van der Waals surface area (Å²) < 4.78 is 0. The molecule has 2 heterocycles. The fourth-order valence-electron chi connectivity index (χ4n) is 2.68. The average molecular weight is 276 g/mol. The molecule has 2 aliphatic rings. The van der Waals surface area contributed by atoms with Gasteiger partial charge in [0.15, 0.2) is 0 Å². The smallest absolute Gasteiger partial charge is 0.247 e. The molecule has 6 heteroatoms. The van der Waals surface area contributed by atoms with Crippen molar-refractivity contribution in [1.29, 1.82) is 0 Å². The third-order valence-electron chi connectivity index (χ3n) is 3.83. The van der Waals surface area contributed by atoms with Crippen LogP contribution in [-0.4, -0.2) is 59.9 Å². The van der Waals surface area contributed by atoms with Crippen LogP contribution in [0.15, 0.2) is 0 Å². The number of nitrogens with one attached hydrogen (secondary N) is 1. The molecular formula is C12H22ClN3O2. The Hall–Kier alpha value is -0.810. The van der Waals surface area contributed by atoms with Crippen molar-refractivity contribution >= 4 is 24.2 Å². The summed E-state index contributed by atoms with van der Waals surface area (Å²) in [5.41, 5.74) is -0.714. The standard InChI is InChI=1S/C12H21N3O2.ClH/c1-12(2)11(17)14(3)7-8-15(12)10(16)9-5-4-6-13-9;/h9,13H,4-8H2,1-3H3;1H/t9-;/m0./s1. The molecular weight excluding hydrogens is 254 g/mol. The summed E-state index contributed by atoms with van der Waals surface area (Å²) >= 11 is 0. The highest BCUT2D eigenvalue weighted by molar-refractivity contribution is 5.93. The first-order chi connectivity index (χ1) is 7.94. The number of piperazine rings is 1. The summed E-state index contributed by atoms with van der Waals surface area (Å²) in [7, 11) is 1.79. The Morgan fingerprint density at radius 2 is 2.06 bits per heavy atom. The molecule has 0 aliphatic carbocycles. The van der Waals surface area contributed by atoms with Crippen LogP contribution in [0.25, 0.3) is 0 Å². The van der Waals surface area contributed by atoms with Gasteiger partial charge >= 0.3 is 0 Å². The van der Waals surface area contributed by atoms with Crippen LogP contribution in [-0.2, 0) is 9.59 Å². The number of halogens is 1. The van der Waals surface area contributed by atoms with E-state index in [1.807, 2.05) is 13.8 Å². The first-order valence-electron chi connectivity index (χ1n) is 6.25. The van der Waals surface area contributed by atoms with Gasteiger partial charge in [0.25, 0.3) is 0 Å². The number of carbonyl (C=O) groups excluding carboxylic acids is 2. The van der Waals surface area contributed by atoms with Gasteiger partial charge in [-0.25, -0.2) is 0 Å². The highest BCUT2D eigenvalue weighted by atomic mass is 35.5. The van der Waals surface area contributed by atoms with E-state index in [4.69, 9.17) is 0 Å². The van der Waals surface area contributed by atoms with Crippen LogP contribution in [0.1, 0.15) is 26.7 Å². The predicted octanol–water partition coefficient (Wildman–Crippen LogP) is 0.239. The molecule has 1 N–H and O–H groups in total. The lowest BCUT2D eigenvalue weighted by molar-refractivity contribution is -0.158. The predicted molar refractivity (Wildman–Crippen MR) is 71.7 cm³/mol. The molecule has 0 saturated carbocycles. The molecule has 2 amide bonds. The van der Waals surface area contributed by atoms with Crippen LogP contribution in [0.2, 0.25) is 0 Å². The van der Waals surface area contributed by atoms with Gasteiger partial charge in [-0.3, -0.25) is 9.59 Å². The van der Waals surface area contributed by atoms with E-state index in [1.54, 1.807) is 16.8 Å². The molecule has 1 atom stereocenters. The fourth-order valence-corrected chi connectivity index (χ4v) is 2.68. The zero-order valence-corrected chi connectivity index (χ0v) is 12.0. The monoisotopic (exact) mass is 275 g/mol. The van der Waals surface area contributed by atoms with Crippen molar-refractivity contribution in [1.82, 2.24) is 15.1 Å². The van der Waals surface area contributed by atoms with E-state index < -0.39 is 5.54 Å². The van der Waals surface area contributed by atoms with E-state index >= 15 is 0 Å². The van der Waals surface area contributed by atoms with Crippen LogP contribution in [0.4, 0.5) is 0 Å². The van der Waals surface area contributed by atoms with Gasteiger partial charge in [0, 0.05) is 20.1 Å². The molecule has 5 nitrogen and oxygen atoms in total. The number of hydrogen-bond donors (Lipinski definition) is 1. The molecule has 0 spiro atoms. The van der Waals surface area contributed by atoms with Crippen molar-refractivity contribution < 1.29 is 9.59 Å². The van der Waals surface area contributed by atoms with Gasteiger partial charge < -0.3 is 15.1 Å². The number of hydrogen-bond acceptors (Lipinski definition) is 3. The zero-order valence-electron chi connectivity index (χ0n) is 11.2. The van der Waals surface area contributed by atoms with Crippen molar-refractivity contribution in [3.63, 3.8) is 0 Å². The van der Waals surface area contributed by atoms with E-state index in [9.17, 15) is 9.59 Å². The van der Waals surface area contributed by atoms with Gasteiger partial charge in [0.2, 0.25) is 11.8 Å². The molecule has 0 radical (unpaired) electrons. The maximum Gasteiger partial charge on any atom is 0.247 e. The number of nitrogens with zero attached hydrogens (tertiary/aromatic N) is 2. The molecule has 0 aromatic heterocycles. The lowest BCUT2D eigenvalue weighted by Crippen LogP contribution is -2.65. The molecule has 2 aliphatic heterocycles. The Morgan fingerprint density at radius 3 is 2.61 bits per heavy atom. The summed E-state index contributed by atoms with van der Waals surface area (Å²) in [5, 5.41) is 3.20. The van der Waals surface area contributed by atoms with Crippen LogP contribution >= 0.6 is 12.4 Å². The van der Waals surface area contributed by atoms with Gasteiger partial charge in [-0.05, 0) is 33.2 Å². The fraction of sp³-hybridized carbons (Fsp3) is 0.833. The Labute approximate surface area is 114 Å². The average Bonchev–Trinajstić information content (AvgIpc) is 2.79. The Bertz CT molecular complexity index is 340. The summed E-state index contributed by atoms with van der Waals surface area (Å²) in [5.74, 6) is 0.101. The summed E-state index contributed by atoms with van der Waals surface area (Å²) in [6, 6.07) is -0.0921. The van der Waals surface area contributed by atoms with Gasteiger partial charge in [0.1, 0.15) is 5.54 Å². The molecule has 0 aromatic carbocycles. The lowest BCUT2D eigenvalue weighted by Gasteiger charge is -2.45. The molecule has 0 bridgehead atoms. The zero-order chi connectivity index (χ0) is 12.6. The second-order valence-electron chi connectivity index (χ2n) is 5.42. The quantitative estimate of drug-likeness (QED) is 0.746. The SMILES string of the molecule is CN1CCN(C(=O)[C@@H]2CCCN2)C(C)(C)C1=O.Cl. The maximum atomic E-state index is 12.4. The van der Waals surface area contributed by atoms with Crippen molar-refractivity contribution in [3.05, 3.63) is 0 Å². The Morgan fingerprint density at radius 1 is 1.39 bits per heavy atom. The van der Waals surface area contributed by atoms with Crippen LogP contribution in [0.5, 0.6) is 0 Å². The van der Waals surface area contributed by atoms with Crippen molar-refractivity contribution in [2.75, 3.05) is 26.7 Å². The van der Waals surface area contributed by atoms with Crippen LogP contribution in [0, 0.1) is 0 Å². The van der Waals surface area contributed by atoms with Gasteiger partial charge in [-0.2, -0.15) is 0 Å². The minimum atomic E-state index is -0.714. The number of carbonyl (C=O) groups is 2. The van der Waals surface area contributed by atoms with Crippen LogP contribution in [0.3, 0.4) is 0 Å². The van der Waals surface area contributed by atoms with Gasteiger partial charge in [0.05, 0.1) is 6.04 Å². The Balaban J connectivity index is 0.00000162. The van der Waals surface area contributed by atoms with Gasteiger partial charge in [-0.1, -0.05) is 0 Å². The Kier molecular flexibility index (Phi) is 4.61. The second-order valence-corrected chi connectivity index (χ2v) is 5.42. The molecule has 18 heavy (non-hydrogen) atoms. The van der Waals surface area contributed by atoms with E-state index in [1.165, 1.54) is 0 Å². The third kappa shape index (κ3) is 2.47. The van der Waals surface area contributed by atoms with E-state index in [2.05, 4.69) is 5.32 Å². The van der Waals surface area contributed by atoms with Gasteiger partial charge in [-0.15, -0.1) is 12.4 Å². The van der Waals surface area contributed by atoms with Crippen molar-refractivity contribution in [2.45, 2.75) is 38.3 Å². The van der Waals surface area contributed by atoms with Crippen LogP contribution < -0.4 is 5.32 Å². The van der Waals surface area contributed by atoms with Crippen molar-refractivity contribution in [3.8, 4) is 0 Å². The van der Waals surface area contributed by atoms with Crippen molar-refractivity contribution in [2.24, 2.45) is 0 Å². The lowest BCUT2D eigenvalue weighted by atomic mass is 9.96. The number of rotatable bonds is 1. The summed E-state index contributed by atoms with van der Waals surface area (Å²) in [6.07, 6.45) is 1.92. The largest absolute Gasteiger partial charge is 0.342 e. The molecule has 2 rings (SSSR count).